The summed E-state index contributed by atoms with van der Waals surface area (Å²) in [5.41, 5.74) is 0.784. The van der Waals surface area contributed by atoms with Crippen molar-refractivity contribution in [2.75, 3.05) is 20.7 Å². The van der Waals surface area contributed by atoms with Gasteiger partial charge in [0.1, 0.15) is 18.0 Å². The number of likely N-dealkylation sites (N-methyl/N-ethyl adjacent to an activating group) is 2. The molecule has 0 spiro atoms. The number of barbiturate groups is 1. The van der Waals surface area contributed by atoms with Gasteiger partial charge in [0.05, 0.1) is 6.61 Å². The molecular weight excluding hydrogens is 391 g/mol. The fourth-order valence-electron chi connectivity index (χ4n) is 2.91. The number of carbonyl (C=O) groups is 3. The predicted molar refractivity (Wildman–Crippen MR) is 107 cm³/mol. The fourth-order valence-corrected chi connectivity index (χ4v) is 2.91. The Morgan fingerprint density at radius 3 is 2.23 bits per heavy atom. The van der Waals surface area contributed by atoms with Gasteiger partial charge in [-0.15, -0.1) is 0 Å². The third-order valence-corrected chi connectivity index (χ3v) is 4.56. The molecule has 156 valence electrons. The first-order valence-electron chi connectivity index (χ1n) is 9.28. The van der Waals surface area contributed by atoms with E-state index >= 15 is 0 Å². The average molecular weight is 412 g/mol. The summed E-state index contributed by atoms with van der Waals surface area (Å²) in [6.45, 7) is 2.17. The normalized spacial score (nSPS) is 14.3. The predicted octanol–water partition coefficient (Wildman–Crippen LogP) is 3.24. The van der Waals surface area contributed by atoms with Crippen LogP contribution in [0.4, 0.5) is 9.18 Å². The highest BCUT2D eigenvalue weighted by Crippen LogP contribution is 2.31. The Morgan fingerprint density at radius 1 is 0.933 bits per heavy atom. The van der Waals surface area contributed by atoms with Crippen LogP contribution in [-0.2, 0) is 16.2 Å². The first kappa shape index (κ1) is 21.0. The Hall–Kier alpha value is -3.68. The third-order valence-electron chi connectivity index (χ3n) is 4.56. The van der Waals surface area contributed by atoms with E-state index in [1.54, 1.807) is 43.3 Å². The average Bonchev–Trinajstić information content (AvgIpc) is 2.74. The van der Waals surface area contributed by atoms with E-state index in [1.165, 1.54) is 26.2 Å². The number of ether oxygens (including phenoxy) is 2. The molecule has 4 amide bonds. The van der Waals surface area contributed by atoms with E-state index in [9.17, 15) is 18.8 Å². The van der Waals surface area contributed by atoms with Crippen molar-refractivity contribution in [1.29, 1.82) is 0 Å². The van der Waals surface area contributed by atoms with Crippen LogP contribution in [0.5, 0.6) is 11.5 Å². The molecule has 3 rings (SSSR count). The molecule has 0 aliphatic carbocycles. The van der Waals surface area contributed by atoms with E-state index in [1.807, 2.05) is 0 Å². The molecule has 1 fully saturated rings. The number of imide groups is 2. The van der Waals surface area contributed by atoms with E-state index in [0.29, 0.717) is 29.2 Å². The lowest BCUT2D eigenvalue weighted by Gasteiger charge is -2.28. The van der Waals surface area contributed by atoms with Crippen LogP contribution in [0.15, 0.2) is 48.0 Å². The van der Waals surface area contributed by atoms with Gasteiger partial charge in [-0.25, -0.2) is 9.18 Å². The summed E-state index contributed by atoms with van der Waals surface area (Å²) in [5, 5.41) is 0. The molecule has 0 atom stereocenters. The van der Waals surface area contributed by atoms with Crippen molar-refractivity contribution < 1.29 is 28.2 Å². The molecule has 1 aliphatic heterocycles. The number of nitrogens with zero attached hydrogens (tertiary/aromatic N) is 2. The van der Waals surface area contributed by atoms with Gasteiger partial charge >= 0.3 is 6.03 Å². The van der Waals surface area contributed by atoms with Gasteiger partial charge in [-0.2, -0.15) is 0 Å². The van der Waals surface area contributed by atoms with Crippen molar-refractivity contribution in [2.24, 2.45) is 0 Å². The first-order valence-corrected chi connectivity index (χ1v) is 9.28. The number of amides is 4. The number of halogens is 1. The topological polar surface area (TPSA) is 76.2 Å². The molecular formula is C22H21FN2O5. The Morgan fingerprint density at radius 2 is 1.60 bits per heavy atom. The standard InChI is InChI=1S/C22H21FN2O5/c1-4-29-19-12-14(11-16-20(26)24(2)22(28)25(3)21(16)27)9-10-18(19)30-13-15-7-5-6-8-17(15)23/h5-12H,4,13H2,1-3H3. The minimum absolute atomic E-state index is 0.0157. The van der Waals surface area contributed by atoms with Crippen molar-refractivity contribution in [1.82, 2.24) is 9.80 Å². The lowest BCUT2D eigenvalue weighted by atomic mass is 10.1. The highest BCUT2D eigenvalue weighted by Gasteiger charge is 2.37. The van der Waals surface area contributed by atoms with Crippen LogP contribution in [-0.4, -0.2) is 48.3 Å². The molecule has 30 heavy (non-hydrogen) atoms. The monoisotopic (exact) mass is 412 g/mol. The van der Waals surface area contributed by atoms with Crippen LogP contribution >= 0.6 is 0 Å². The third kappa shape index (κ3) is 4.17. The van der Waals surface area contributed by atoms with Gasteiger partial charge in [-0.05, 0) is 36.8 Å². The Labute approximate surface area is 173 Å². The van der Waals surface area contributed by atoms with Gasteiger partial charge in [0.2, 0.25) is 0 Å². The zero-order valence-corrected chi connectivity index (χ0v) is 16.8. The zero-order valence-electron chi connectivity index (χ0n) is 16.8. The van der Waals surface area contributed by atoms with Crippen molar-refractivity contribution >= 4 is 23.9 Å². The molecule has 0 bridgehead atoms. The number of hydrogen-bond acceptors (Lipinski definition) is 5. The number of urea groups is 1. The van der Waals surface area contributed by atoms with E-state index in [2.05, 4.69) is 0 Å². The summed E-state index contributed by atoms with van der Waals surface area (Å²) in [7, 11) is 2.62. The second kappa shape index (κ2) is 8.77. The second-order valence-corrected chi connectivity index (χ2v) is 6.59. The smallest absolute Gasteiger partial charge is 0.333 e. The van der Waals surface area contributed by atoms with Gasteiger partial charge < -0.3 is 9.47 Å². The van der Waals surface area contributed by atoms with Gasteiger partial charge in [0, 0.05) is 19.7 Å². The molecule has 8 heteroatoms. The van der Waals surface area contributed by atoms with Gasteiger partial charge in [0.25, 0.3) is 11.8 Å². The van der Waals surface area contributed by atoms with E-state index in [4.69, 9.17) is 9.47 Å². The summed E-state index contributed by atoms with van der Waals surface area (Å²) in [6, 6.07) is 10.5. The molecule has 0 aromatic heterocycles. The maximum Gasteiger partial charge on any atom is 0.333 e. The van der Waals surface area contributed by atoms with E-state index in [-0.39, 0.29) is 18.0 Å². The molecule has 2 aromatic carbocycles. The van der Waals surface area contributed by atoms with Crippen LogP contribution in [0, 0.1) is 5.82 Å². The van der Waals surface area contributed by atoms with Crippen molar-refractivity contribution in [2.45, 2.75) is 13.5 Å². The fraction of sp³-hybridized carbons (Fsp3) is 0.227. The van der Waals surface area contributed by atoms with Crippen molar-refractivity contribution in [3.8, 4) is 11.5 Å². The van der Waals surface area contributed by atoms with E-state index in [0.717, 1.165) is 9.80 Å². The molecule has 1 heterocycles. The minimum atomic E-state index is -0.686. The molecule has 0 radical (unpaired) electrons. The van der Waals surface area contributed by atoms with Gasteiger partial charge in [0.15, 0.2) is 11.5 Å². The molecule has 0 N–H and O–H groups in total. The SMILES string of the molecule is CCOc1cc(C=C2C(=O)N(C)C(=O)N(C)C2=O)ccc1OCc1ccccc1F. The van der Waals surface area contributed by atoms with Crippen molar-refractivity contribution in [3.05, 3.63) is 65.0 Å². The number of benzene rings is 2. The lowest BCUT2D eigenvalue weighted by Crippen LogP contribution is -2.52. The number of carbonyl (C=O) groups excluding carboxylic acids is 3. The minimum Gasteiger partial charge on any atom is -0.490 e. The summed E-state index contributed by atoms with van der Waals surface area (Å²) in [4.78, 5) is 38.3. The van der Waals surface area contributed by atoms with E-state index < -0.39 is 17.8 Å². The molecule has 0 saturated carbocycles. The van der Waals surface area contributed by atoms with Crippen molar-refractivity contribution in [3.63, 3.8) is 0 Å². The Kier molecular flexibility index (Phi) is 6.15. The molecule has 7 nitrogen and oxygen atoms in total. The second-order valence-electron chi connectivity index (χ2n) is 6.59. The molecule has 1 saturated heterocycles. The van der Waals surface area contributed by atoms with Gasteiger partial charge in [-0.1, -0.05) is 24.3 Å². The van der Waals surface area contributed by atoms with Crippen LogP contribution in [0.3, 0.4) is 0 Å². The summed E-state index contributed by atoms with van der Waals surface area (Å²) < 4.78 is 25.1. The van der Waals surface area contributed by atoms with Crippen LogP contribution < -0.4 is 9.47 Å². The van der Waals surface area contributed by atoms with Crippen LogP contribution in [0.1, 0.15) is 18.1 Å². The van der Waals surface area contributed by atoms with Crippen LogP contribution in [0.25, 0.3) is 6.08 Å². The van der Waals surface area contributed by atoms with Gasteiger partial charge in [-0.3, -0.25) is 19.4 Å². The maximum absolute atomic E-state index is 13.8. The highest BCUT2D eigenvalue weighted by atomic mass is 19.1. The largest absolute Gasteiger partial charge is 0.490 e. The Balaban J connectivity index is 1.88. The summed E-state index contributed by atoms with van der Waals surface area (Å²) in [6.07, 6.45) is 1.40. The number of rotatable bonds is 6. The summed E-state index contributed by atoms with van der Waals surface area (Å²) in [5.74, 6) is -0.944. The molecule has 2 aromatic rings. The number of hydrogen-bond donors (Lipinski definition) is 0. The first-order chi connectivity index (χ1) is 14.3. The quantitative estimate of drug-likeness (QED) is 0.538. The molecule has 0 unspecified atom stereocenters. The summed E-state index contributed by atoms with van der Waals surface area (Å²) >= 11 is 0. The zero-order chi connectivity index (χ0) is 21.8. The highest BCUT2D eigenvalue weighted by molar-refractivity contribution is 6.30. The Bertz CT molecular complexity index is 1010. The van der Waals surface area contributed by atoms with Crippen LogP contribution in [0.2, 0.25) is 0 Å². The molecule has 1 aliphatic rings. The lowest BCUT2D eigenvalue weighted by molar-refractivity contribution is -0.134. The maximum atomic E-state index is 13.8.